The molecule has 1 aromatic rings. The quantitative estimate of drug-likeness (QED) is 0.446. The summed E-state index contributed by atoms with van der Waals surface area (Å²) in [4.78, 5) is 30.2. The van der Waals surface area contributed by atoms with E-state index in [9.17, 15) is 19.8 Å². The number of nitrogens with zero attached hydrogens (tertiary/aromatic N) is 1. The fourth-order valence-electron chi connectivity index (χ4n) is 5.14. The third-order valence-electron chi connectivity index (χ3n) is 7.87. The first-order valence-corrected chi connectivity index (χ1v) is 12.8. The van der Waals surface area contributed by atoms with Gasteiger partial charge in [0.1, 0.15) is 29.2 Å². The van der Waals surface area contributed by atoms with Crippen LogP contribution in [0.15, 0.2) is 16.5 Å². The Balaban J connectivity index is 1.89. The van der Waals surface area contributed by atoms with E-state index >= 15 is 4.39 Å². The van der Waals surface area contributed by atoms with Crippen LogP contribution in [-0.4, -0.2) is 50.5 Å². The van der Waals surface area contributed by atoms with Gasteiger partial charge in [0.2, 0.25) is 0 Å². The van der Waals surface area contributed by atoms with Crippen LogP contribution in [0.25, 0.3) is 6.08 Å². The number of fused-ring (bicyclic) bond motifs is 1. The summed E-state index contributed by atoms with van der Waals surface area (Å²) in [6.45, 7) is 10.7. The number of oxazole rings is 1. The number of carbonyl (C=O) groups is 2. The number of epoxide rings is 1. The zero-order valence-electron chi connectivity index (χ0n) is 22.2. The second kappa shape index (κ2) is 10.7. The minimum Gasteiger partial charge on any atom is -0.455 e. The van der Waals surface area contributed by atoms with Crippen LogP contribution in [0, 0.1) is 24.2 Å². The van der Waals surface area contributed by atoms with Crippen LogP contribution < -0.4 is 0 Å². The van der Waals surface area contributed by atoms with Gasteiger partial charge in [0, 0.05) is 25.3 Å². The van der Waals surface area contributed by atoms with Gasteiger partial charge in [0.15, 0.2) is 17.8 Å². The molecule has 0 aromatic carbocycles. The number of halogens is 1. The molecule has 2 saturated heterocycles. The third kappa shape index (κ3) is 6.23. The maximum absolute atomic E-state index is 15.3. The standard InChI is InChI=1S/C27H40FNO7/c1-7-18-11-16(2)9-8-10-26(6)27(33,36-26)14-21(20(28)12-19-15-34-17(3)29-19)35-23(31)13-22(30)25(4,5)24(18)32/h12,15-16,18,21-22,30,33H,7-11,13-14H2,1-6H3/t16-,18+,21-,22-,26+,27-/m0/s1. The molecule has 36 heavy (non-hydrogen) atoms. The van der Waals surface area contributed by atoms with E-state index in [1.807, 2.05) is 6.92 Å². The van der Waals surface area contributed by atoms with E-state index in [0.29, 0.717) is 25.2 Å². The van der Waals surface area contributed by atoms with E-state index in [-0.39, 0.29) is 29.7 Å². The zero-order chi connectivity index (χ0) is 26.9. The number of Topliss-reactive ketones (excluding diaryl/α,β-unsaturated/α-hetero) is 1. The largest absolute Gasteiger partial charge is 0.455 e. The van der Waals surface area contributed by atoms with Crippen LogP contribution >= 0.6 is 0 Å². The highest BCUT2D eigenvalue weighted by atomic mass is 19.1. The molecule has 8 nitrogen and oxygen atoms in total. The van der Waals surface area contributed by atoms with Gasteiger partial charge in [-0.15, -0.1) is 0 Å². The number of rotatable bonds is 3. The van der Waals surface area contributed by atoms with Gasteiger partial charge in [-0.1, -0.05) is 40.5 Å². The molecule has 2 fully saturated rings. The Bertz CT molecular complexity index is 989. The number of ketones is 1. The molecule has 3 rings (SSSR count). The van der Waals surface area contributed by atoms with Gasteiger partial charge >= 0.3 is 5.97 Å². The SMILES string of the molecule is CC[C@@H]1C[C@@H](C)CCC[C@@]2(C)O[C@@]2(O)C[C@@H](C(F)=Cc2coc(C)n2)OC(=O)C[C@H](O)C(C)(C)C1=O. The monoisotopic (exact) mass is 509 g/mol. The summed E-state index contributed by atoms with van der Waals surface area (Å²) in [6.07, 6.45) is 2.17. The Hall–Kier alpha value is -2.10. The van der Waals surface area contributed by atoms with E-state index < -0.39 is 47.2 Å². The fourth-order valence-corrected chi connectivity index (χ4v) is 5.14. The minimum atomic E-state index is -1.66. The summed E-state index contributed by atoms with van der Waals surface area (Å²) in [7, 11) is 0. The smallest absolute Gasteiger partial charge is 0.309 e. The van der Waals surface area contributed by atoms with Crippen LogP contribution in [0.5, 0.6) is 0 Å². The van der Waals surface area contributed by atoms with Crippen molar-refractivity contribution < 1.29 is 38.1 Å². The Labute approximate surface area is 212 Å². The van der Waals surface area contributed by atoms with Crippen molar-refractivity contribution in [3.8, 4) is 0 Å². The number of aryl methyl sites for hydroxylation is 1. The molecule has 0 unspecified atom stereocenters. The predicted octanol–water partition coefficient (Wildman–Crippen LogP) is 4.66. The van der Waals surface area contributed by atoms with Crippen LogP contribution in [0.4, 0.5) is 4.39 Å². The normalized spacial score (nSPS) is 36.8. The fraction of sp³-hybridized carbons (Fsp3) is 0.741. The zero-order valence-corrected chi connectivity index (χ0v) is 22.2. The molecule has 0 spiro atoms. The molecule has 1 aromatic heterocycles. The first kappa shape index (κ1) is 28.5. The van der Waals surface area contributed by atoms with Gasteiger partial charge in [-0.25, -0.2) is 9.37 Å². The molecular formula is C27H40FNO7. The van der Waals surface area contributed by atoms with Gasteiger partial charge in [-0.3, -0.25) is 9.59 Å². The molecule has 202 valence electrons. The maximum Gasteiger partial charge on any atom is 0.309 e. The lowest BCUT2D eigenvalue weighted by atomic mass is 9.72. The van der Waals surface area contributed by atoms with E-state index in [2.05, 4.69) is 11.9 Å². The van der Waals surface area contributed by atoms with Crippen molar-refractivity contribution in [2.75, 3.05) is 0 Å². The Morgan fingerprint density at radius 1 is 1.31 bits per heavy atom. The topological polar surface area (TPSA) is 122 Å². The average Bonchev–Trinajstić information content (AvgIpc) is 3.08. The maximum atomic E-state index is 15.3. The molecule has 9 heteroatoms. The Morgan fingerprint density at radius 2 is 2.00 bits per heavy atom. The predicted molar refractivity (Wildman–Crippen MR) is 130 cm³/mol. The second-order valence-corrected chi connectivity index (χ2v) is 11.3. The molecule has 2 N–H and O–H groups in total. The molecular weight excluding hydrogens is 469 g/mol. The summed E-state index contributed by atoms with van der Waals surface area (Å²) in [5, 5.41) is 21.9. The number of ether oxygens (including phenoxy) is 2. The molecule has 0 amide bonds. The highest BCUT2D eigenvalue weighted by Gasteiger charge is 2.67. The van der Waals surface area contributed by atoms with E-state index in [4.69, 9.17) is 13.9 Å². The van der Waals surface area contributed by atoms with E-state index in [1.54, 1.807) is 27.7 Å². The number of aromatic nitrogens is 1. The number of aliphatic hydroxyl groups excluding tert-OH is 1. The van der Waals surface area contributed by atoms with Crippen molar-refractivity contribution in [1.29, 1.82) is 0 Å². The summed E-state index contributed by atoms with van der Waals surface area (Å²) < 4.78 is 31.5. The number of cyclic esters (lactones) is 1. The van der Waals surface area contributed by atoms with Crippen molar-refractivity contribution in [2.24, 2.45) is 17.3 Å². The third-order valence-corrected chi connectivity index (χ3v) is 7.87. The molecule has 2 aliphatic rings. The van der Waals surface area contributed by atoms with Crippen LogP contribution in [0.1, 0.15) is 91.1 Å². The van der Waals surface area contributed by atoms with Crippen molar-refractivity contribution in [3.63, 3.8) is 0 Å². The lowest BCUT2D eigenvalue weighted by Gasteiger charge is -2.33. The number of aliphatic hydroxyl groups is 2. The second-order valence-electron chi connectivity index (χ2n) is 11.3. The van der Waals surface area contributed by atoms with Gasteiger partial charge in [0.05, 0.1) is 17.9 Å². The summed E-state index contributed by atoms with van der Waals surface area (Å²) in [6, 6.07) is 0. The molecule has 2 aliphatic heterocycles. The van der Waals surface area contributed by atoms with Gasteiger partial charge in [-0.05, 0) is 32.1 Å². The molecule has 3 heterocycles. The van der Waals surface area contributed by atoms with E-state index in [1.165, 1.54) is 6.26 Å². The van der Waals surface area contributed by atoms with Crippen LogP contribution in [0.3, 0.4) is 0 Å². The van der Waals surface area contributed by atoms with Crippen LogP contribution in [0.2, 0.25) is 0 Å². The Kier molecular flexibility index (Phi) is 8.47. The Morgan fingerprint density at radius 3 is 2.61 bits per heavy atom. The van der Waals surface area contributed by atoms with Gasteiger partial charge in [-0.2, -0.15) is 0 Å². The van der Waals surface area contributed by atoms with Crippen molar-refractivity contribution in [1.82, 2.24) is 4.98 Å². The molecule has 0 bridgehead atoms. The van der Waals surface area contributed by atoms with Crippen molar-refractivity contribution in [3.05, 3.63) is 23.7 Å². The first-order valence-electron chi connectivity index (χ1n) is 12.8. The molecule has 0 saturated carbocycles. The summed E-state index contributed by atoms with van der Waals surface area (Å²) in [5.74, 6) is -3.14. The summed E-state index contributed by atoms with van der Waals surface area (Å²) >= 11 is 0. The minimum absolute atomic E-state index is 0.0971. The number of esters is 1. The van der Waals surface area contributed by atoms with E-state index in [0.717, 1.165) is 18.9 Å². The number of carbonyl (C=O) groups excluding carboxylic acids is 2. The molecule has 0 aliphatic carbocycles. The average molecular weight is 510 g/mol. The summed E-state index contributed by atoms with van der Waals surface area (Å²) in [5.41, 5.74) is -1.89. The molecule has 0 radical (unpaired) electrons. The van der Waals surface area contributed by atoms with Gasteiger partial charge in [0.25, 0.3) is 0 Å². The highest BCUT2D eigenvalue weighted by Crippen LogP contribution is 2.53. The first-order chi connectivity index (χ1) is 16.7. The number of hydrogen-bond acceptors (Lipinski definition) is 8. The lowest BCUT2D eigenvalue weighted by Crippen LogP contribution is -2.43. The lowest BCUT2D eigenvalue weighted by molar-refractivity contribution is -0.156. The number of hydrogen-bond donors (Lipinski definition) is 2. The van der Waals surface area contributed by atoms with Gasteiger partial charge < -0.3 is 24.1 Å². The van der Waals surface area contributed by atoms with Crippen LogP contribution in [-0.2, 0) is 19.1 Å². The van der Waals surface area contributed by atoms with Crippen molar-refractivity contribution >= 4 is 17.8 Å². The highest BCUT2D eigenvalue weighted by molar-refractivity contribution is 5.87. The van der Waals surface area contributed by atoms with Crippen molar-refractivity contribution in [2.45, 2.75) is 110 Å². The molecule has 6 atom stereocenters.